The predicted molar refractivity (Wildman–Crippen MR) is 73.8 cm³/mol. The maximum absolute atomic E-state index is 11.6. The highest BCUT2D eigenvalue weighted by Crippen LogP contribution is 2.25. The summed E-state index contributed by atoms with van der Waals surface area (Å²) in [4.78, 5) is 11.3. The van der Waals surface area contributed by atoms with Gasteiger partial charge in [-0.05, 0) is 19.1 Å². The van der Waals surface area contributed by atoms with Gasteiger partial charge in [-0.2, -0.15) is 11.8 Å². The Hall–Kier alpha value is -0.430. The summed E-state index contributed by atoms with van der Waals surface area (Å²) >= 11 is 1.63. The maximum atomic E-state index is 11.6. The second-order valence-electron chi connectivity index (χ2n) is 4.31. The van der Waals surface area contributed by atoms with Crippen LogP contribution in [0.1, 0.15) is 26.7 Å². The monoisotopic (exact) mass is 295 g/mol. The fraction of sp³-hybridized carbons (Fsp3) is 0.909. The first kappa shape index (κ1) is 15.6. The van der Waals surface area contributed by atoms with Gasteiger partial charge in [0.05, 0.1) is 24.2 Å². The molecule has 1 aliphatic rings. The topological polar surface area (TPSA) is 72.5 Å². The lowest BCUT2D eigenvalue weighted by Crippen LogP contribution is -2.41. The van der Waals surface area contributed by atoms with Gasteiger partial charge in [0.15, 0.2) is 9.84 Å². The minimum atomic E-state index is -3.03. The van der Waals surface area contributed by atoms with Crippen LogP contribution in [0.25, 0.3) is 0 Å². The van der Waals surface area contributed by atoms with E-state index in [0.717, 1.165) is 18.6 Å². The molecule has 18 heavy (non-hydrogen) atoms. The standard InChI is InChI=1S/C11H21NO4S2/c1-3-5-6-17-10-8-18(14,15)7-9(10)12-11(13)16-4-2/h9-10H,3-8H2,1-2H3,(H,12,13)/t9-,10+/m0/s1. The number of rotatable bonds is 6. The molecule has 0 aromatic rings. The molecule has 106 valence electrons. The summed E-state index contributed by atoms with van der Waals surface area (Å²) < 4.78 is 28.0. The van der Waals surface area contributed by atoms with Crippen LogP contribution >= 0.6 is 11.8 Å². The van der Waals surface area contributed by atoms with Gasteiger partial charge in [0.25, 0.3) is 0 Å². The van der Waals surface area contributed by atoms with E-state index in [4.69, 9.17) is 4.74 Å². The van der Waals surface area contributed by atoms with Gasteiger partial charge in [-0.1, -0.05) is 13.3 Å². The van der Waals surface area contributed by atoms with E-state index in [9.17, 15) is 13.2 Å². The molecule has 0 unspecified atom stereocenters. The van der Waals surface area contributed by atoms with E-state index in [-0.39, 0.29) is 22.8 Å². The van der Waals surface area contributed by atoms with Crippen molar-refractivity contribution >= 4 is 27.7 Å². The summed E-state index contributed by atoms with van der Waals surface area (Å²) in [7, 11) is -3.03. The number of carbonyl (C=O) groups excluding carboxylic acids is 1. The number of hydrogen-bond donors (Lipinski definition) is 1. The molecule has 1 amide bonds. The van der Waals surface area contributed by atoms with Crippen molar-refractivity contribution in [2.45, 2.75) is 38.0 Å². The molecule has 1 N–H and O–H groups in total. The molecule has 0 aromatic carbocycles. The van der Waals surface area contributed by atoms with Crippen LogP contribution in [0.3, 0.4) is 0 Å². The van der Waals surface area contributed by atoms with Gasteiger partial charge in [-0.25, -0.2) is 13.2 Å². The maximum Gasteiger partial charge on any atom is 0.407 e. The molecule has 1 fully saturated rings. The average Bonchev–Trinajstić information content (AvgIpc) is 2.54. The first-order valence-electron chi connectivity index (χ1n) is 6.23. The molecule has 0 radical (unpaired) electrons. The number of ether oxygens (including phenoxy) is 1. The van der Waals surface area contributed by atoms with Crippen LogP contribution in [0, 0.1) is 0 Å². The summed E-state index contributed by atoms with van der Waals surface area (Å²) in [6.07, 6.45) is 1.62. The minimum Gasteiger partial charge on any atom is -0.450 e. The van der Waals surface area contributed by atoms with Crippen molar-refractivity contribution in [2.75, 3.05) is 23.9 Å². The Labute approximate surface area is 113 Å². The minimum absolute atomic E-state index is 0.0234. The second kappa shape index (κ2) is 7.23. The van der Waals surface area contributed by atoms with Crippen LogP contribution in [0.2, 0.25) is 0 Å². The van der Waals surface area contributed by atoms with Crippen molar-refractivity contribution in [3.63, 3.8) is 0 Å². The summed E-state index contributed by atoms with van der Waals surface area (Å²) in [5, 5.41) is 2.60. The highest BCUT2D eigenvalue weighted by atomic mass is 32.2. The third kappa shape index (κ3) is 5.06. The molecule has 0 aliphatic carbocycles. The van der Waals surface area contributed by atoms with Gasteiger partial charge in [-0.15, -0.1) is 0 Å². The highest BCUT2D eigenvalue weighted by molar-refractivity contribution is 8.01. The van der Waals surface area contributed by atoms with E-state index in [1.54, 1.807) is 18.7 Å². The second-order valence-corrected chi connectivity index (χ2v) is 7.81. The number of sulfone groups is 1. The summed E-state index contributed by atoms with van der Waals surface area (Å²) in [6.45, 7) is 4.11. The number of nitrogens with one attached hydrogen (secondary N) is 1. The van der Waals surface area contributed by atoms with Crippen LogP contribution in [-0.4, -0.2) is 49.7 Å². The van der Waals surface area contributed by atoms with Gasteiger partial charge < -0.3 is 10.1 Å². The number of hydrogen-bond acceptors (Lipinski definition) is 5. The Morgan fingerprint density at radius 2 is 2.11 bits per heavy atom. The largest absolute Gasteiger partial charge is 0.450 e. The quantitative estimate of drug-likeness (QED) is 0.751. The van der Waals surface area contributed by atoms with Crippen molar-refractivity contribution in [3.05, 3.63) is 0 Å². The molecule has 5 nitrogen and oxygen atoms in total. The molecule has 1 rings (SSSR count). The van der Waals surface area contributed by atoms with Gasteiger partial charge in [0.1, 0.15) is 0 Å². The summed E-state index contributed by atoms with van der Waals surface area (Å²) in [5.41, 5.74) is 0. The number of alkyl carbamates (subject to hydrolysis) is 1. The zero-order valence-corrected chi connectivity index (χ0v) is 12.5. The number of unbranched alkanes of at least 4 members (excludes halogenated alkanes) is 1. The molecular weight excluding hydrogens is 274 g/mol. The van der Waals surface area contributed by atoms with Gasteiger partial charge in [0, 0.05) is 5.25 Å². The van der Waals surface area contributed by atoms with Crippen molar-refractivity contribution < 1.29 is 17.9 Å². The van der Waals surface area contributed by atoms with Gasteiger partial charge >= 0.3 is 6.09 Å². The molecule has 0 bridgehead atoms. The molecule has 0 saturated carbocycles. The molecule has 0 spiro atoms. The zero-order valence-electron chi connectivity index (χ0n) is 10.8. The Balaban J connectivity index is 2.53. The van der Waals surface area contributed by atoms with Crippen molar-refractivity contribution in [1.82, 2.24) is 5.32 Å². The molecule has 7 heteroatoms. The molecule has 1 heterocycles. The van der Waals surface area contributed by atoms with Crippen LogP contribution < -0.4 is 5.32 Å². The lowest BCUT2D eigenvalue weighted by molar-refractivity contribution is 0.149. The lowest BCUT2D eigenvalue weighted by atomic mass is 10.2. The zero-order chi connectivity index (χ0) is 13.6. The van der Waals surface area contributed by atoms with Crippen molar-refractivity contribution in [2.24, 2.45) is 0 Å². The normalized spacial score (nSPS) is 25.9. The van der Waals surface area contributed by atoms with Gasteiger partial charge in [0.2, 0.25) is 0 Å². The van der Waals surface area contributed by atoms with E-state index >= 15 is 0 Å². The third-order valence-corrected chi connectivity index (χ3v) is 6.10. The predicted octanol–water partition coefficient (Wildman–Crippen LogP) is 1.43. The molecular formula is C11H21NO4S2. The van der Waals surface area contributed by atoms with Gasteiger partial charge in [-0.3, -0.25) is 0 Å². The fourth-order valence-electron chi connectivity index (χ4n) is 1.82. The molecule has 1 aliphatic heterocycles. The Bertz CT molecular complexity index is 369. The lowest BCUT2D eigenvalue weighted by Gasteiger charge is -2.18. The highest BCUT2D eigenvalue weighted by Gasteiger charge is 2.38. The fourth-order valence-corrected chi connectivity index (χ4v) is 5.83. The van der Waals surface area contributed by atoms with E-state index in [2.05, 4.69) is 12.2 Å². The van der Waals surface area contributed by atoms with E-state index in [1.165, 1.54) is 0 Å². The van der Waals surface area contributed by atoms with Crippen LogP contribution in [0.4, 0.5) is 4.79 Å². The van der Waals surface area contributed by atoms with E-state index < -0.39 is 15.9 Å². The van der Waals surface area contributed by atoms with Crippen LogP contribution in [0.15, 0.2) is 0 Å². The third-order valence-electron chi connectivity index (χ3n) is 2.71. The summed E-state index contributed by atoms with van der Waals surface area (Å²) in [6, 6.07) is -0.323. The Morgan fingerprint density at radius 3 is 2.72 bits per heavy atom. The number of thioether (sulfide) groups is 1. The van der Waals surface area contributed by atoms with Crippen molar-refractivity contribution in [3.8, 4) is 0 Å². The van der Waals surface area contributed by atoms with Crippen LogP contribution in [-0.2, 0) is 14.6 Å². The molecule has 1 saturated heterocycles. The molecule has 0 aromatic heterocycles. The molecule has 2 atom stereocenters. The first-order chi connectivity index (χ1) is 8.48. The Morgan fingerprint density at radius 1 is 1.39 bits per heavy atom. The number of carbonyl (C=O) groups is 1. The first-order valence-corrected chi connectivity index (χ1v) is 9.10. The SMILES string of the molecule is CCCCS[C@@H]1CS(=O)(=O)C[C@@H]1NC(=O)OCC. The average molecular weight is 295 g/mol. The number of amides is 1. The van der Waals surface area contributed by atoms with E-state index in [0.29, 0.717) is 6.61 Å². The smallest absolute Gasteiger partial charge is 0.407 e. The van der Waals surface area contributed by atoms with Crippen molar-refractivity contribution in [1.29, 1.82) is 0 Å². The Kier molecular flexibility index (Phi) is 6.28. The van der Waals surface area contributed by atoms with Crippen LogP contribution in [0.5, 0.6) is 0 Å². The summed E-state index contributed by atoms with van der Waals surface area (Å²) in [5.74, 6) is 1.10. The van der Waals surface area contributed by atoms with E-state index in [1.807, 2.05) is 0 Å².